The third-order valence-corrected chi connectivity index (χ3v) is 3.55. The van der Waals surface area contributed by atoms with Crippen LogP contribution in [0.1, 0.15) is 31.9 Å². The lowest BCUT2D eigenvalue weighted by Crippen LogP contribution is -2.44. The van der Waals surface area contributed by atoms with Crippen LogP contribution in [-0.2, 0) is 11.3 Å². The van der Waals surface area contributed by atoms with Gasteiger partial charge in [-0.2, -0.15) is 0 Å². The molecular formula is C13H19N3O2. The summed E-state index contributed by atoms with van der Waals surface area (Å²) >= 11 is 0. The van der Waals surface area contributed by atoms with Gasteiger partial charge in [0.2, 0.25) is 5.91 Å². The van der Waals surface area contributed by atoms with E-state index in [0.717, 1.165) is 25.1 Å². The largest absolute Gasteiger partial charge is 0.338 e. The first-order chi connectivity index (χ1) is 8.59. The predicted octanol–water partition coefficient (Wildman–Crippen LogP) is 0.953. The molecule has 1 aliphatic rings. The van der Waals surface area contributed by atoms with Crippen molar-refractivity contribution in [2.75, 3.05) is 6.54 Å². The zero-order valence-electron chi connectivity index (χ0n) is 10.9. The third kappa shape index (κ3) is 2.60. The van der Waals surface area contributed by atoms with Crippen LogP contribution in [-0.4, -0.2) is 32.9 Å². The van der Waals surface area contributed by atoms with Crippen molar-refractivity contribution in [3.8, 4) is 0 Å². The molecular weight excluding hydrogens is 230 g/mol. The summed E-state index contributed by atoms with van der Waals surface area (Å²) in [5, 5.41) is 0. The number of hydrogen-bond acceptors (Lipinski definition) is 3. The molecule has 0 aromatic carbocycles. The average Bonchev–Trinajstić information content (AvgIpc) is 2.34. The number of carbonyl (C=O) groups excluding carboxylic acids is 1. The fourth-order valence-corrected chi connectivity index (χ4v) is 2.42. The summed E-state index contributed by atoms with van der Waals surface area (Å²) in [6.07, 6.45) is 6.14. The second kappa shape index (κ2) is 5.33. The van der Waals surface area contributed by atoms with Gasteiger partial charge in [-0.25, -0.2) is 0 Å². The molecule has 5 nitrogen and oxygen atoms in total. The Kier molecular flexibility index (Phi) is 3.79. The minimum absolute atomic E-state index is 0.0265. The Morgan fingerprint density at radius 3 is 2.89 bits per heavy atom. The predicted molar refractivity (Wildman–Crippen MR) is 68.3 cm³/mol. The third-order valence-electron chi connectivity index (χ3n) is 3.55. The molecule has 1 unspecified atom stereocenters. The smallest absolute Gasteiger partial charge is 0.269 e. The van der Waals surface area contributed by atoms with Gasteiger partial charge in [0.05, 0.1) is 6.20 Å². The van der Waals surface area contributed by atoms with Gasteiger partial charge in [-0.15, -0.1) is 0 Å². The molecule has 0 spiro atoms. The van der Waals surface area contributed by atoms with Crippen LogP contribution in [0.5, 0.6) is 0 Å². The lowest BCUT2D eigenvalue weighted by Gasteiger charge is -2.33. The van der Waals surface area contributed by atoms with E-state index in [9.17, 15) is 9.59 Å². The number of aromatic nitrogens is 2. The molecule has 1 atom stereocenters. The van der Waals surface area contributed by atoms with E-state index >= 15 is 0 Å². The van der Waals surface area contributed by atoms with Gasteiger partial charge in [-0.3, -0.25) is 14.6 Å². The summed E-state index contributed by atoms with van der Waals surface area (Å²) in [6.45, 7) is 4.79. The molecule has 2 rings (SSSR count). The summed E-state index contributed by atoms with van der Waals surface area (Å²) < 4.78 is 1.48. The van der Waals surface area contributed by atoms with Gasteiger partial charge >= 0.3 is 0 Å². The summed E-state index contributed by atoms with van der Waals surface area (Å²) in [4.78, 5) is 29.6. The molecule has 0 aliphatic carbocycles. The molecule has 0 N–H and O–H groups in total. The minimum Gasteiger partial charge on any atom is -0.338 e. The Morgan fingerprint density at radius 2 is 2.22 bits per heavy atom. The van der Waals surface area contributed by atoms with Crippen LogP contribution >= 0.6 is 0 Å². The topological polar surface area (TPSA) is 55.2 Å². The maximum atomic E-state index is 12.2. The maximum Gasteiger partial charge on any atom is 0.269 e. The molecule has 0 radical (unpaired) electrons. The van der Waals surface area contributed by atoms with E-state index < -0.39 is 0 Å². The fourth-order valence-electron chi connectivity index (χ4n) is 2.42. The second-order valence-corrected chi connectivity index (χ2v) is 4.90. The van der Waals surface area contributed by atoms with Crippen LogP contribution in [0.25, 0.3) is 0 Å². The molecule has 18 heavy (non-hydrogen) atoms. The Labute approximate surface area is 106 Å². The normalized spacial score (nSPS) is 19.9. The second-order valence-electron chi connectivity index (χ2n) is 4.90. The number of amides is 1. The molecule has 0 bridgehead atoms. The van der Waals surface area contributed by atoms with Crippen LogP contribution < -0.4 is 5.56 Å². The van der Waals surface area contributed by atoms with Crippen LogP contribution in [0.4, 0.5) is 0 Å². The van der Waals surface area contributed by atoms with E-state index in [4.69, 9.17) is 0 Å². The van der Waals surface area contributed by atoms with E-state index in [2.05, 4.69) is 11.9 Å². The molecule has 1 aliphatic heterocycles. The van der Waals surface area contributed by atoms with Crippen molar-refractivity contribution in [3.05, 3.63) is 28.4 Å². The van der Waals surface area contributed by atoms with E-state index in [0.29, 0.717) is 0 Å². The van der Waals surface area contributed by atoms with Crippen molar-refractivity contribution in [1.29, 1.82) is 0 Å². The van der Waals surface area contributed by atoms with Gasteiger partial charge in [-0.1, -0.05) is 0 Å². The van der Waals surface area contributed by atoms with E-state index in [1.54, 1.807) is 13.1 Å². The molecule has 5 heteroatoms. The van der Waals surface area contributed by atoms with Crippen molar-refractivity contribution >= 4 is 5.91 Å². The molecule has 1 amide bonds. The number of hydrogen-bond donors (Lipinski definition) is 0. The van der Waals surface area contributed by atoms with E-state index in [-0.39, 0.29) is 24.1 Å². The molecule has 0 saturated carbocycles. The highest BCUT2D eigenvalue weighted by Gasteiger charge is 2.23. The Bertz CT molecular complexity index is 495. The van der Waals surface area contributed by atoms with Crippen LogP contribution in [0.2, 0.25) is 0 Å². The molecule has 1 aromatic rings. The quantitative estimate of drug-likeness (QED) is 0.784. The zero-order chi connectivity index (χ0) is 13.1. The van der Waals surface area contributed by atoms with Gasteiger partial charge in [0.15, 0.2) is 0 Å². The first-order valence-electron chi connectivity index (χ1n) is 6.40. The first kappa shape index (κ1) is 12.8. The SMILES string of the molecule is Cc1cncc(=O)n1CC(=O)N1CCCCC1C. The summed E-state index contributed by atoms with van der Waals surface area (Å²) in [6, 6.07) is 0.282. The molecule has 1 aromatic heterocycles. The Morgan fingerprint density at radius 1 is 1.44 bits per heavy atom. The number of aryl methyl sites for hydroxylation is 1. The fraction of sp³-hybridized carbons (Fsp3) is 0.615. The van der Waals surface area contributed by atoms with Crippen molar-refractivity contribution in [2.45, 2.75) is 45.7 Å². The molecule has 1 fully saturated rings. The van der Waals surface area contributed by atoms with Gasteiger partial charge < -0.3 is 9.47 Å². The van der Waals surface area contributed by atoms with Crippen molar-refractivity contribution < 1.29 is 4.79 Å². The number of piperidine rings is 1. The Hall–Kier alpha value is -1.65. The highest BCUT2D eigenvalue weighted by atomic mass is 16.2. The number of nitrogens with zero attached hydrogens (tertiary/aromatic N) is 3. The van der Waals surface area contributed by atoms with Crippen LogP contribution in [0, 0.1) is 6.92 Å². The average molecular weight is 249 g/mol. The van der Waals surface area contributed by atoms with Gasteiger partial charge in [0.25, 0.3) is 5.56 Å². The van der Waals surface area contributed by atoms with Gasteiger partial charge in [-0.05, 0) is 33.1 Å². The van der Waals surface area contributed by atoms with Gasteiger partial charge in [0.1, 0.15) is 6.54 Å². The van der Waals surface area contributed by atoms with Crippen LogP contribution in [0.15, 0.2) is 17.2 Å². The summed E-state index contributed by atoms with van der Waals surface area (Å²) in [7, 11) is 0. The molecule has 1 saturated heterocycles. The highest BCUT2D eigenvalue weighted by Crippen LogP contribution is 2.16. The highest BCUT2D eigenvalue weighted by molar-refractivity contribution is 5.76. The number of carbonyl (C=O) groups is 1. The maximum absolute atomic E-state index is 12.2. The summed E-state index contributed by atoms with van der Waals surface area (Å²) in [5.41, 5.74) is 0.508. The lowest BCUT2D eigenvalue weighted by atomic mass is 10.0. The van der Waals surface area contributed by atoms with Crippen molar-refractivity contribution in [1.82, 2.24) is 14.5 Å². The zero-order valence-corrected chi connectivity index (χ0v) is 10.9. The summed E-state index contributed by atoms with van der Waals surface area (Å²) in [5.74, 6) is 0.0265. The standard InChI is InChI=1S/C13H19N3O2/c1-10-5-3-4-6-15(10)13(18)9-16-11(2)7-14-8-12(16)17/h7-8,10H,3-6,9H2,1-2H3. The van der Waals surface area contributed by atoms with Crippen molar-refractivity contribution in [3.63, 3.8) is 0 Å². The molecule has 98 valence electrons. The number of rotatable bonds is 2. The van der Waals surface area contributed by atoms with Crippen LogP contribution in [0.3, 0.4) is 0 Å². The Balaban J connectivity index is 2.14. The first-order valence-corrected chi connectivity index (χ1v) is 6.40. The van der Waals surface area contributed by atoms with Crippen molar-refractivity contribution in [2.24, 2.45) is 0 Å². The number of likely N-dealkylation sites (tertiary alicyclic amines) is 1. The van der Waals surface area contributed by atoms with E-state index in [1.807, 2.05) is 4.90 Å². The monoisotopic (exact) mass is 249 g/mol. The minimum atomic E-state index is -0.215. The van der Waals surface area contributed by atoms with Gasteiger partial charge in [0, 0.05) is 24.5 Å². The van der Waals surface area contributed by atoms with E-state index in [1.165, 1.54) is 17.2 Å². The lowest BCUT2D eigenvalue weighted by molar-refractivity contribution is -0.135. The molecule has 2 heterocycles.